The number of furan rings is 1. The monoisotopic (exact) mass is 263 g/mol. The maximum absolute atomic E-state index is 5.94. The van der Waals surface area contributed by atoms with Gasteiger partial charge in [0.25, 0.3) is 0 Å². The summed E-state index contributed by atoms with van der Waals surface area (Å²) in [4.78, 5) is 0. The molecule has 2 unspecified atom stereocenters. The van der Waals surface area contributed by atoms with Gasteiger partial charge in [-0.25, -0.2) is 0 Å². The highest BCUT2D eigenvalue weighted by molar-refractivity contribution is 5.11. The molecule has 2 aliphatic rings. The van der Waals surface area contributed by atoms with Gasteiger partial charge >= 0.3 is 0 Å². The number of nitrogens with one attached hydrogen (secondary N) is 1. The molecule has 3 nitrogen and oxygen atoms in total. The molecule has 0 aromatic carbocycles. The normalized spacial score (nSPS) is 28.7. The lowest BCUT2D eigenvalue weighted by Gasteiger charge is -2.54. The first kappa shape index (κ1) is 13.2. The fraction of sp³-hybridized carbons (Fsp3) is 0.750. The van der Waals surface area contributed by atoms with Crippen molar-refractivity contribution in [2.45, 2.75) is 64.6 Å². The first-order chi connectivity index (χ1) is 9.24. The van der Waals surface area contributed by atoms with Gasteiger partial charge in [0.15, 0.2) is 0 Å². The molecule has 3 rings (SSSR count). The topological polar surface area (TPSA) is 34.4 Å². The Kier molecular flexibility index (Phi) is 3.68. The zero-order valence-corrected chi connectivity index (χ0v) is 12.1. The van der Waals surface area contributed by atoms with Crippen molar-refractivity contribution >= 4 is 0 Å². The summed E-state index contributed by atoms with van der Waals surface area (Å²) >= 11 is 0. The van der Waals surface area contributed by atoms with Gasteiger partial charge in [-0.15, -0.1) is 0 Å². The second kappa shape index (κ2) is 5.29. The summed E-state index contributed by atoms with van der Waals surface area (Å²) in [6.07, 6.45) is 7.02. The van der Waals surface area contributed by atoms with Gasteiger partial charge in [-0.05, 0) is 45.2 Å². The molecule has 3 heteroatoms. The van der Waals surface area contributed by atoms with E-state index in [1.54, 1.807) is 0 Å². The maximum Gasteiger partial charge on any atom is 0.117 e. The number of rotatable bonds is 5. The molecule has 2 aliphatic carbocycles. The molecule has 1 heterocycles. The zero-order valence-electron chi connectivity index (χ0n) is 12.1. The summed E-state index contributed by atoms with van der Waals surface area (Å²) in [6, 6.07) is 4.71. The Hall–Kier alpha value is -0.800. The first-order valence-electron chi connectivity index (χ1n) is 7.65. The van der Waals surface area contributed by atoms with Crippen molar-refractivity contribution in [2.24, 2.45) is 5.41 Å². The Bertz CT molecular complexity index is 420. The SMILES string of the molecule is CCOC1CC(NCc2ccc(C)o2)C12CCCC2. The van der Waals surface area contributed by atoms with E-state index in [0.717, 1.165) is 31.1 Å². The van der Waals surface area contributed by atoms with Crippen LogP contribution in [0.4, 0.5) is 0 Å². The molecule has 2 atom stereocenters. The second-order valence-electron chi connectivity index (χ2n) is 6.07. The maximum atomic E-state index is 5.94. The molecule has 0 bridgehead atoms. The molecular weight excluding hydrogens is 238 g/mol. The van der Waals surface area contributed by atoms with Crippen LogP contribution in [-0.4, -0.2) is 18.8 Å². The molecule has 0 radical (unpaired) electrons. The van der Waals surface area contributed by atoms with Crippen LogP contribution in [0, 0.1) is 12.3 Å². The summed E-state index contributed by atoms with van der Waals surface area (Å²) in [7, 11) is 0. The lowest BCUT2D eigenvalue weighted by Crippen LogP contribution is -2.62. The highest BCUT2D eigenvalue weighted by atomic mass is 16.5. The first-order valence-corrected chi connectivity index (χ1v) is 7.65. The van der Waals surface area contributed by atoms with Crippen LogP contribution in [0.5, 0.6) is 0 Å². The Morgan fingerprint density at radius 2 is 2.16 bits per heavy atom. The average Bonchev–Trinajstić information content (AvgIpc) is 3.03. The molecule has 2 saturated carbocycles. The van der Waals surface area contributed by atoms with Crippen LogP contribution in [0.2, 0.25) is 0 Å². The Morgan fingerprint density at radius 1 is 1.37 bits per heavy atom. The quantitative estimate of drug-likeness (QED) is 0.884. The van der Waals surface area contributed by atoms with Gasteiger partial charge in [-0.1, -0.05) is 12.8 Å². The Morgan fingerprint density at radius 3 is 2.79 bits per heavy atom. The Balaban J connectivity index is 1.59. The zero-order chi connectivity index (χ0) is 13.3. The van der Waals surface area contributed by atoms with Gasteiger partial charge in [0.05, 0.1) is 12.6 Å². The molecule has 1 N–H and O–H groups in total. The third-order valence-electron chi connectivity index (χ3n) is 5.01. The minimum Gasteiger partial charge on any atom is -0.465 e. The molecular formula is C16H25NO2. The molecule has 0 aliphatic heterocycles. The van der Waals surface area contributed by atoms with Crippen LogP contribution in [0.15, 0.2) is 16.5 Å². The van der Waals surface area contributed by atoms with Gasteiger partial charge in [-0.2, -0.15) is 0 Å². The predicted molar refractivity (Wildman–Crippen MR) is 75.0 cm³/mol. The second-order valence-corrected chi connectivity index (χ2v) is 6.07. The van der Waals surface area contributed by atoms with Gasteiger partial charge in [0.1, 0.15) is 11.5 Å². The third kappa shape index (κ3) is 2.34. The fourth-order valence-electron chi connectivity index (χ4n) is 3.98. The lowest BCUT2D eigenvalue weighted by atomic mass is 9.60. The summed E-state index contributed by atoms with van der Waals surface area (Å²) in [6.45, 7) is 5.79. The summed E-state index contributed by atoms with van der Waals surface area (Å²) in [5, 5.41) is 3.70. The van der Waals surface area contributed by atoms with E-state index in [-0.39, 0.29) is 0 Å². The van der Waals surface area contributed by atoms with E-state index >= 15 is 0 Å². The van der Waals surface area contributed by atoms with Gasteiger partial charge in [-0.3, -0.25) is 0 Å². The molecule has 19 heavy (non-hydrogen) atoms. The fourth-order valence-corrected chi connectivity index (χ4v) is 3.98. The van der Waals surface area contributed by atoms with Crippen molar-refractivity contribution in [3.63, 3.8) is 0 Å². The minimum absolute atomic E-state index is 0.414. The lowest BCUT2D eigenvalue weighted by molar-refractivity contribution is -0.131. The summed E-state index contributed by atoms with van der Waals surface area (Å²) in [5.41, 5.74) is 0.414. The van der Waals surface area contributed by atoms with Crippen LogP contribution >= 0.6 is 0 Å². The van der Waals surface area contributed by atoms with Crippen LogP contribution in [0.25, 0.3) is 0 Å². The van der Waals surface area contributed by atoms with Gasteiger partial charge in [0.2, 0.25) is 0 Å². The Labute approximate surface area is 115 Å². The van der Waals surface area contributed by atoms with Crippen molar-refractivity contribution in [1.29, 1.82) is 0 Å². The van der Waals surface area contributed by atoms with E-state index in [1.165, 1.54) is 25.7 Å². The van der Waals surface area contributed by atoms with E-state index in [0.29, 0.717) is 17.6 Å². The third-order valence-corrected chi connectivity index (χ3v) is 5.01. The molecule has 2 fully saturated rings. The van der Waals surface area contributed by atoms with Crippen molar-refractivity contribution in [3.8, 4) is 0 Å². The van der Waals surface area contributed by atoms with E-state index in [1.807, 2.05) is 13.0 Å². The highest BCUT2D eigenvalue weighted by Crippen LogP contribution is 2.54. The average molecular weight is 263 g/mol. The van der Waals surface area contributed by atoms with E-state index < -0.39 is 0 Å². The molecule has 106 valence electrons. The predicted octanol–water partition coefficient (Wildman–Crippen LogP) is 3.42. The van der Waals surface area contributed by atoms with Crippen LogP contribution in [-0.2, 0) is 11.3 Å². The molecule has 1 aromatic rings. The summed E-state index contributed by atoms with van der Waals surface area (Å²) in [5.74, 6) is 2.04. The largest absolute Gasteiger partial charge is 0.465 e. The van der Waals surface area contributed by atoms with Crippen LogP contribution in [0.3, 0.4) is 0 Å². The van der Waals surface area contributed by atoms with Crippen molar-refractivity contribution in [2.75, 3.05) is 6.61 Å². The van der Waals surface area contributed by atoms with Gasteiger partial charge in [0, 0.05) is 18.1 Å². The molecule has 1 spiro atoms. The highest BCUT2D eigenvalue weighted by Gasteiger charge is 2.56. The van der Waals surface area contributed by atoms with Crippen LogP contribution < -0.4 is 5.32 Å². The molecule has 0 saturated heterocycles. The standard InChI is InChI=1S/C16H25NO2/c1-3-18-15-10-14(16(15)8-4-5-9-16)17-11-13-7-6-12(2)19-13/h6-7,14-15,17H,3-5,8-11H2,1-2H3. The van der Waals surface area contributed by atoms with Crippen molar-refractivity contribution in [1.82, 2.24) is 5.32 Å². The number of ether oxygens (including phenoxy) is 1. The van der Waals surface area contributed by atoms with E-state index in [9.17, 15) is 0 Å². The van der Waals surface area contributed by atoms with E-state index in [2.05, 4.69) is 18.3 Å². The van der Waals surface area contributed by atoms with Crippen molar-refractivity contribution < 1.29 is 9.15 Å². The minimum atomic E-state index is 0.414. The number of aryl methyl sites for hydroxylation is 1. The summed E-state index contributed by atoms with van der Waals surface area (Å²) < 4.78 is 11.6. The number of hydrogen-bond donors (Lipinski definition) is 1. The van der Waals surface area contributed by atoms with Crippen LogP contribution in [0.1, 0.15) is 50.5 Å². The molecule has 0 amide bonds. The van der Waals surface area contributed by atoms with E-state index in [4.69, 9.17) is 9.15 Å². The van der Waals surface area contributed by atoms with Crippen molar-refractivity contribution in [3.05, 3.63) is 23.7 Å². The van der Waals surface area contributed by atoms with Gasteiger partial charge < -0.3 is 14.5 Å². The number of hydrogen-bond acceptors (Lipinski definition) is 3. The smallest absolute Gasteiger partial charge is 0.117 e. The molecule has 1 aromatic heterocycles.